The highest BCUT2D eigenvalue weighted by molar-refractivity contribution is 5.76. The Labute approximate surface area is 207 Å². The van der Waals surface area contributed by atoms with Gasteiger partial charge in [0.15, 0.2) is 0 Å². The summed E-state index contributed by atoms with van der Waals surface area (Å²) < 4.78 is 24.0. The lowest BCUT2D eigenvalue weighted by atomic mass is 10.1. The van der Waals surface area contributed by atoms with Crippen molar-refractivity contribution in [2.45, 2.75) is 53.0 Å². The van der Waals surface area contributed by atoms with Gasteiger partial charge < -0.3 is 18.9 Å². The van der Waals surface area contributed by atoms with Crippen molar-refractivity contribution in [2.24, 2.45) is 11.3 Å². The molecule has 1 heterocycles. The summed E-state index contributed by atoms with van der Waals surface area (Å²) in [4.78, 5) is 12.8. The summed E-state index contributed by atoms with van der Waals surface area (Å²) in [5.74, 6) is -0.268. The normalized spacial score (nSPS) is 23.6. The highest BCUT2D eigenvalue weighted by Crippen LogP contribution is 2.53. The van der Waals surface area contributed by atoms with Crippen LogP contribution in [-0.2, 0) is 63.4 Å². The molecule has 2 atom stereocenters. The molecule has 0 spiro atoms. The van der Waals surface area contributed by atoms with Gasteiger partial charge in [-0.1, -0.05) is 79.7 Å². The zero-order chi connectivity index (χ0) is 24.1. The van der Waals surface area contributed by atoms with Crippen LogP contribution in [0.1, 0.15) is 46.7 Å². The van der Waals surface area contributed by atoms with E-state index in [0.29, 0.717) is 39.6 Å². The van der Waals surface area contributed by atoms with Crippen molar-refractivity contribution in [1.29, 1.82) is 0 Å². The predicted octanol–water partition coefficient (Wildman–Crippen LogP) is 5.72. The number of esters is 1. The Morgan fingerprint density at radius 2 is 0.971 bits per heavy atom. The van der Waals surface area contributed by atoms with Crippen LogP contribution in [0.3, 0.4) is 0 Å². The maximum absolute atomic E-state index is 12.8. The number of rotatable bonds is 0. The molecule has 1 saturated carbocycles. The van der Waals surface area contributed by atoms with Gasteiger partial charge in [0.1, 0.15) is 6.61 Å². The SMILES string of the molecule is C[C@]12COCc3ccccc3COCc3ccccc3COCc3ccccc3COC(=O)[C@H]1C2. The fourth-order valence-electron chi connectivity index (χ4n) is 4.64. The first-order chi connectivity index (χ1) is 17.1. The smallest absolute Gasteiger partial charge is 0.309 e. The van der Waals surface area contributed by atoms with Crippen LogP contribution >= 0.6 is 0 Å². The number of benzene rings is 3. The Kier molecular flexibility index (Phi) is 7.28. The van der Waals surface area contributed by atoms with E-state index in [1.54, 1.807) is 0 Å². The van der Waals surface area contributed by atoms with E-state index in [1.165, 1.54) is 0 Å². The average Bonchev–Trinajstić information content (AvgIpc) is 3.56. The maximum atomic E-state index is 12.8. The molecule has 3 aromatic carbocycles. The molecular formula is C30H32O5. The lowest BCUT2D eigenvalue weighted by Crippen LogP contribution is -2.17. The van der Waals surface area contributed by atoms with E-state index in [1.807, 2.05) is 48.5 Å². The van der Waals surface area contributed by atoms with Crippen LogP contribution in [0.15, 0.2) is 72.8 Å². The van der Waals surface area contributed by atoms with E-state index < -0.39 is 0 Å². The van der Waals surface area contributed by atoms with E-state index in [9.17, 15) is 4.79 Å². The molecule has 2 aliphatic rings. The van der Waals surface area contributed by atoms with Gasteiger partial charge >= 0.3 is 5.97 Å². The number of cyclic esters (lactones) is 1. The number of ether oxygens (including phenoxy) is 4. The van der Waals surface area contributed by atoms with Gasteiger partial charge in [-0.05, 0) is 39.8 Å². The molecule has 35 heavy (non-hydrogen) atoms. The van der Waals surface area contributed by atoms with E-state index in [-0.39, 0.29) is 23.9 Å². The van der Waals surface area contributed by atoms with Crippen LogP contribution in [0.5, 0.6) is 0 Å². The van der Waals surface area contributed by atoms with E-state index in [0.717, 1.165) is 39.8 Å². The highest BCUT2D eigenvalue weighted by Gasteiger charge is 2.55. The summed E-state index contributed by atoms with van der Waals surface area (Å²) in [6.07, 6.45) is 0.791. The summed E-state index contributed by atoms with van der Waals surface area (Å²) in [5, 5.41) is 0. The molecule has 1 fully saturated rings. The van der Waals surface area contributed by atoms with Gasteiger partial charge in [-0.15, -0.1) is 0 Å². The second-order valence-electron chi connectivity index (χ2n) is 9.80. The van der Waals surface area contributed by atoms with Crippen molar-refractivity contribution in [3.63, 3.8) is 0 Å². The van der Waals surface area contributed by atoms with Crippen molar-refractivity contribution in [3.05, 3.63) is 106 Å². The largest absolute Gasteiger partial charge is 0.461 e. The van der Waals surface area contributed by atoms with Gasteiger partial charge in [0, 0.05) is 5.41 Å². The fraction of sp³-hybridized carbons (Fsp3) is 0.367. The molecule has 1 aliphatic heterocycles. The Hall–Kier alpha value is -2.99. The topological polar surface area (TPSA) is 54.0 Å². The Balaban J connectivity index is 1.34. The molecule has 3 aromatic rings. The zero-order valence-electron chi connectivity index (χ0n) is 20.2. The number of carbonyl (C=O) groups is 1. The van der Waals surface area contributed by atoms with Gasteiger partial charge in [0.2, 0.25) is 0 Å². The lowest BCUT2D eigenvalue weighted by Gasteiger charge is -2.16. The third-order valence-corrected chi connectivity index (χ3v) is 7.08. The summed E-state index contributed by atoms with van der Waals surface area (Å²) in [5.41, 5.74) is 6.28. The van der Waals surface area contributed by atoms with E-state index in [2.05, 4.69) is 31.2 Å². The number of hydrogen-bond acceptors (Lipinski definition) is 5. The van der Waals surface area contributed by atoms with Crippen molar-refractivity contribution in [1.82, 2.24) is 0 Å². The lowest BCUT2D eigenvalue weighted by molar-refractivity contribution is -0.147. The minimum Gasteiger partial charge on any atom is -0.461 e. The first kappa shape index (κ1) is 23.7. The molecule has 0 N–H and O–H groups in total. The molecule has 1 aliphatic carbocycles. The van der Waals surface area contributed by atoms with Crippen molar-refractivity contribution in [3.8, 4) is 0 Å². The molecule has 5 nitrogen and oxygen atoms in total. The number of carbonyl (C=O) groups excluding carboxylic acids is 1. The quantitative estimate of drug-likeness (QED) is 0.392. The monoisotopic (exact) mass is 472 g/mol. The third kappa shape index (κ3) is 5.81. The summed E-state index contributed by atoms with van der Waals surface area (Å²) >= 11 is 0. The molecule has 0 aromatic heterocycles. The van der Waals surface area contributed by atoms with Crippen molar-refractivity contribution in [2.75, 3.05) is 6.61 Å². The average molecular weight is 473 g/mol. The number of fused-ring (bicyclic) bond motifs is 4. The first-order valence-corrected chi connectivity index (χ1v) is 12.2. The molecule has 0 unspecified atom stereocenters. The molecule has 5 rings (SSSR count). The van der Waals surface area contributed by atoms with Crippen LogP contribution in [0.4, 0.5) is 0 Å². The van der Waals surface area contributed by atoms with E-state index >= 15 is 0 Å². The minimum atomic E-state index is -0.171. The molecule has 5 heteroatoms. The Bertz CT molecular complexity index is 1170. The second kappa shape index (κ2) is 10.7. The minimum absolute atomic E-state index is 0.119. The van der Waals surface area contributed by atoms with Crippen LogP contribution < -0.4 is 0 Å². The maximum Gasteiger partial charge on any atom is 0.309 e. The standard InChI is InChI=1S/C30H32O5/c1-30-14-28(30)29(31)35-20-27-13-7-6-11-25(27)18-33-16-23-9-3-2-8-22(23)15-32-17-24-10-4-5-12-26(24)19-34-21-30/h2-13,28H,14-21H2,1H3/t28-,30+/m1/s1. The van der Waals surface area contributed by atoms with Crippen molar-refractivity contribution >= 4 is 5.97 Å². The third-order valence-electron chi connectivity index (χ3n) is 7.08. The summed E-state index contributed by atoms with van der Waals surface area (Å²) in [6, 6.07) is 24.4. The Morgan fingerprint density at radius 1 is 0.600 bits per heavy atom. The molecule has 0 radical (unpaired) electrons. The fourth-order valence-corrected chi connectivity index (χ4v) is 4.64. The van der Waals surface area contributed by atoms with Crippen LogP contribution in [0.2, 0.25) is 0 Å². The summed E-state index contributed by atoms with van der Waals surface area (Å²) in [7, 11) is 0. The Morgan fingerprint density at radius 3 is 1.40 bits per heavy atom. The second-order valence-corrected chi connectivity index (χ2v) is 9.80. The zero-order valence-corrected chi connectivity index (χ0v) is 20.2. The predicted molar refractivity (Wildman–Crippen MR) is 132 cm³/mol. The first-order valence-electron chi connectivity index (χ1n) is 12.2. The molecule has 182 valence electrons. The van der Waals surface area contributed by atoms with Gasteiger partial charge in [-0.2, -0.15) is 0 Å². The van der Waals surface area contributed by atoms with Crippen LogP contribution in [0.25, 0.3) is 0 Å². The van der Waals surface area contributed by atoms with Crippen LogP contribution in [0, 0.1) is 11.3 Å². The van der Waals surface area contributed by atoms with Gasteiger partial charge in [0.25, 0.3) is 0 Å². The number of hydrogen-bond donors (Lipinski definition) is 0. The van der Waals surface area contributed by atoms with E-state index in [4.69, 9.17) is 18.9 Å². The molecular weight excluding hydrogens is 440 g/mol. The highest BCUT2D eigenvalue weighted by atomic mass is 16.5. The van der Waals surface area contributed by atoms with Crippen LogP contribution in [-0.4, -0.2) is 12.6 Å². The van der Waals surface area contributed by atoms with Gasteiger partial charge in [-0.3, -0.25) is 4.79 Å². The van der Waals surface area contributed by atoms with Crippen molar-refractivity contribution < 1.29 is 23.7 Å². The summed E-state index contributed by atoms with van der Waals surface area (Å²) in [6.45, 7) is 5.33. The molecule has 0 amide bonds. The molecule has 0 bridgehead atoms. The van der Waals surface area contributed by atoms with Gasteiger partial charge in [0.05, 0.1) is 45.6 Å². The molecule has 0 saturated heterocycles. The van der Waals surface area contributed by atoms with Gasteiger partial charge in [-0.25, -0.2) is 0 Å².